The van der Waals surface area contributed by atoms with Crippen molar-refractivity contribution in [3.05, 3.63) is 54.1 Å². The van der Waals surface area contributed by atoms with E-state index in [1.165, 1.54) is 30.3 Å². The average Bonchev–Trinajstić information content (AvgIpc) is 2.76. The van der Waals surface area contributed by atoms with Crippen molar-refractivity contribution in [2.45, 2.75) is 0 Å². The number of benzene rings is 2. The molecule has 33 heavy (non-hydrogen) atoms. The average molecular weight is 466 g/mol. The normalized spacial score (nSPS) is 8.09. The Kier molecular flexibility index (Phi) is 22.5. The number of nitrogens with one attached hydrogen (secondary N) is 1. The fourth-order valence-corrected chi connectivity index (χ4v) is 2.02. The molecule has 0 aliphatic rings. The molecule has 0 spiro atoms. The second-order valence-corrected chi connectivity index (χ2v) is 5.34. The van der Waals surface area contributed by atoms with E-state index in [0.29, 0.717) is 5.69 Å². The van der Waals surface area contributed by atoms with Crippen LogP contribution in [0.4, 0.5) is 11.4 Å². The predicted molar refractivity (Wildman–Crippen MR) is 118 cm³/mol. The molecule has 9 N–H and O–H groups in total. The van der Waals surface area contributed by atoms with Gasteiger partial charge in [-0.3, -0.25) is 0 Å². The van der Waals surface area contributed by atoms with Crippen LogP contribution in [0.1, 0.15) is 20.7 Å². The topological polar surface area (TPSA) is 234 Å². The van der Waals surface area contributed by atoms with Crippen LogP contribution in [-0.4, -0.2) is 78.7 Å². The van der Waals surface area contributed by atoms with Gasteiger partial charge in [-0.05, 0) is 47.3 Å². The van der Waals surface area contributed by atoms with E-state index < -0.39 is 26.2 Å². The molecule has 0 bridgehead atoms. The van der Waals surface area contributed by atoms with Gasteiger partial charge in [-0.15, -0.1) is 0 Å². The molecule has 0 unspecified atom stereocenters. The predicted octanol–water partition coefficient (Wildman–Crippen LogP) is -5.71. The second kappa shape index (κ2) is 19.8. The monoisotopic (exact) mass is 466 g/mol. The Morgan fingerprint density at radius 2 is 1.24 bits per heavy atom. The minimum Gasteiger partial charge on any atom is -0.512 e. The van der Waals surface area contributed by atoms with E-state index in [2.05, 4.69) is 5.32 Å². The van der Waals surface area contributed by atoms with Crippen LogP contribution in [0.5, 0.6) is 0 Å². The van der Waals surface area contributed by atoms with E-state index in [9.17, 15) is 9.59 Å². The van der Waals surface area contributed by atoms with E-state index in [1.807, 2.05) is 6.79 Å². The minimum atomic E-state index is -1.71. The van der Waals surface area contributed by atoms with Crippen molar-refractivity contribution >= 4 is 63.7 Å². The van der Waals surface area contributed by atoms with Crippen molar-refractivity contribution in [3.8, 4) is 0 Å². The number of carboxylic acid groups (broad SMARTS) is 2. The molecular weight excluding hydrogens is 446 g/mol. The van der Waals surface area contributed by atoms with Gasteiger partial charge in [0.25, 0.3) is 0 Å². The third kappa shape index (κ3) is 14.0. The number of carbonyl (C=O) groups excluding carboxylic acids is 1. The van der Waals surface area contributed by atoms with Crippen LogP contribution >= 0.6 is 0 Å². The number of carbonyl (C=O) groups is 3. The van der Waals surface area contributed by atoms with Crippen LogP contribution in [0.25, 0.3) is 0 Å². The van der Waals surface area contributed by atoms with Gasteiger partial charge in [-0.1, -0.05) is 0 Å². The van der Waals surface area contributed by atoms with Gasteiger partial charge in [0.2, 0.25) is 0 Å². The van der Waals surface area contributed by atoms with Gasteiger partial charge in [0.15, 0.2) is 0 Å². The molecule has 16 heteroatoms. The summed E-state index contributed by atoms with van der Waals surface area (Å²) in [6.07, 6.45) is 0. The molecule has 0 amide bonds. The summed E-state index contributed by atoms with van der Waals surface area (Å²) in [5.74, 6) is -2.27. The molecule has 2 aromatic rings. The van der Waals surface area contributed by atoms with Crippen LogP contribution in [-0.2, 0) is 4.79 Å². The Morgan fingerprint density at radius 1 is 0.879 bits per heavy atom. The fourth-order valence-electron chi connectivity index (χ4n) is 2.02. The molecule has 167 valence electrons. The molecule has 2 rings (SSSR count). The summed E-state index contributed by atoms with van der Waals surface area (Å²) in [4.78, 5) is 29.2. The second-order valence-electron chi connectivity index (χ2n) is 5.34. The molecule has 0 fully saturated rings. The summed E-state index contributed by atoms with van der Waals surface area (Å²) >= 11 is 0. The molecule has 0 saturated heterocycles. The number of nitrogen functional groups attached to an aromatic ring is 1. The number of hydrogen-bond donors (Lipinski definition) is 8. The first-order valence-electron chi connectivity index (χ1n) is 7.98. The van der Waals surface area contributed by atoms with E-state index in [-0.39, 0.29) is 65.7 Å². The van der Waals surface area contributed by atoms with Crippen molar-refractivity contribution in [1.29, 1.82) is 5.26 Å². The van der Waals surface area contributed by atoms with E-state index >= 15 is 0 Å². The smallest absolute Gasteiger partial charge is 0.512 e. The summed E-state index contributed by atoms with van der Waals surface area (Å²) in [7, 11) is -1.75. The van der Waals surface area contributed by atoms with Gasteiger partial charge < -0.3 is 58.0 Å². The molecule has 0 atom stereocenters. The molecule has 3 radical (unpaired) electrons. The molecule has 2 aromatic carbocycles. The fraction of sp³-hybridized carbons (Fsp3) is 0.0588. The third-order valence-corrected chi connectivity index (χ3v) is 3.31. The Labute approximate surface area is 214 Å². The Morgan fingerprint density at radius 3 is 1.58 bits per heavy atom. The molecule has 0 aliphatic carbocycles. The van der Waals surface area contributed by atoms with Gasteiger partial charge in [-0.2, -0.15) is 0 Å². The van der Waals surface area contributed by atoms with E-state index in [0.717, 1.165) is 6.07 Å². The van der Waals surface area contributed by atoms with Crippen molar-refractivity contribution in [3.63, 3.8) is 0 Å². The Bertz CT molecular complexity index is 903. The van der Waals surface area contributed by atoms with Gasteiger partial charge in [0, 0.05) is 26.8 Å². The maximum Gasteiger partial charge on any atom is 1.00 e. The first-order valence-corrected chi connectivity index (χ1v) is 7.98. The largest absolute Gasteiger partial charge is 1.00 e. The van der Waals surface area contributed by atoms with E-state index in [4.69, 9.17) is 52.7 Å². The van der Waals surface area contributed by atoms with Gasteiger partial charge >= 0.3 is 55.7 Å². The number of nitrogens with zero attached hydrogens (tertiary/aromatic N) is 1. The van der Waals surface area contributed by atoms with Crippen LogP contribution in [0.15, 0.2) is 36.4 Å². The SMILES string of the molecule is C=O.CNc1cc(B(O)O)cc(C(=O)O)c1.Nc1cc(B(O)O)cc(C(=O)O)c1.[B].[C-]#N.[Na+]. The summed E-state index contributed by atoms with van der Waals surface area (Å²) in [5.41, 5.74) is 6.22. The van der Waals surface area contributed by atoms with Crippen molar-refractivity contribution in [1.82, 2.24) is 0 Å². The number of carboxylic acids is 2. The van der Waals surface area contributed by atoms with Crippen LogP contribution in [0.2, 0.25) is 0 Å². The van der Waals surface area contributed by atoms with Crippen LogP contribution in [0, 0.1) is 11.8 Å². The van der Waals surface area contributed by atoms with Gasteiger partial charge in [-0.25, -0.2) is 9.59 Å². The number of aromatic carboxylic acids is 2. The molecule has 0 heterocycles. The molecule has 0 aliphatic heterocycles. The zero-order valence-electron chi connectivity index (χ0n) is 17.8. The van der Waals surface area contributed by atoms with Crippen molar-refractivity contribution in [2.24, 2.45) is 0 Å². The van der Waals surface area contributed by atoms with E-state index in [1.54, 1.807) is 7.05 Å². The number of nitrogens with two attached hydrogens (primary N) is 1. The first kappa shape index (κ1) is 37.5. The Balaban J connectivity index is -0.000000210. The van der Waals surface area contributed by atoms with Crippen LogP contribution in [0.3, 0.4) is 0 Å². The maximum atomic E-state index is 10.7. The van der Waals surface area contributed by atoms with Gasteiger partial charge in [0.05, 0.1) is 11.1 Å². The molecule has 0 saturated carbocycles. The minimum absolute atomic E-state index is 0. The van der Waals surface area contributed by atoms with Crippen molar-refractivity contribution in [2.75, 3.05) is 18.1 Å². The summed E-state index contributed by atoms with van der Waals surface area (Å²) in [6.45, 7) is 6.75. The summed E-state index contributed by atoms with van der Waals surface area (Å²) in [6, 6.07) is 7.80. The van der Waals surface area contributed by atoms with Crippen LogP contribution < -0.4 is 51.5 Å². The third-order valence-electron chi connectivity index (χ3n) is 3.31. The summed E-state index contributed by atoms with van der Waals surface area (Å²) in [5, 5.41) is 61.6. The zero-order valence-corrected chi connectivity index (χ0v) is 19.8. The van der Waals surface area contributed by atoms with Crippen molar-refractivity contribution < 1.29 is 74.3 Å². The number of anilines is 2. The van der Waals surface area contributed by atoms with Gasteiger partial charge in [0.1, 0.15) is 6.79 Å². The number of hydrogen-bond acceptors (Lipinski definition) is 10. The zero-order chi connectivity index (χ0) is 24.7. The standard InChI is InChI=1S/C8H10BNO4.C7H8BNO4.CN.CH2O.B.Na/c1-10-7-3-5(8(11)12)2-6(4-7)9(13)14;9-6-2-4(7(10)11)1-5(3-6)8(12)13;2*1-2;;/h2-4,10,13-14H,1H3,(H,11,12);1-3,12-13H,9H2,(H,10,11);;1H2;;/q;;-1;;;+1. The quantitative estimate of drug-likeness (QED) is 0.117. The first-order chi connectivity index (χ1) is 14.5. The number of rotatable bonds is 5. The molecular formula is C17H20B3N3NaO9. The summed E-state index contributed by atoms with van der Waals surface area (Å²) < 4.78 is 0. The maximum absolute atomic E-state index is 10.7. The molecule has 0 aromatic heterocycles. The Hall–Kier alpha value is -2.83. The molecule has 12 nitrogen and oxygen atoms in total.